The summed E-state index contributed by atoms with van der Waals surface area (Å²) < 4.78 is 113. The zero-order valence-corrected chi connectivity index (χ0v) is 12.5. The Labute approximate surface area is 123 Å². The van der Waals surface area contributed by atoms with Crippen molar-refractivity contribution in [2.45, 2.75) is 54.6 Å². The van der Waals surface area contributed by atoms with Gasteiger partial charge in [-0.05, 0) is 6.42 Å². The highest BCUT2D eigenvalue weighted by atomic mass is 127. The number of halogens is 10. The van der Waals surface area contributed by atoms with Crippen LogP contribution in [0.25, 0.3) is 0 Å². The first-order valence-electron chi connectivity index (χ1n) is 5.48. The van der Waals surface area contributed by atoms with E-state index < -0.39 is 33.8 Å². The zero-order valence-electron chi connectivity index (χ0n) is 10.3. The quantitative estimate of drug-likeness (QED) is 0.289. The normalized spacial score (nSPS) is 18.0. The lowest BCUT2D eigenvalue weighted by Gasteiger charge is -2.38. The summed E-state index contributed by atoms with van der Waals surface area (Å²) >= 11 is 1.34. The fourth-order valence-corrected chi connectivity index (χ4v) is 2.50. The van der Waals surface area contributed by atoms with Gasteiger partial charge in [0.05, 0.1) is 0 Å². The first kappa shape index (κ1) is 20.1. The first-order valence-corrected chi connectivity index (χ1v) is 6.73. The Morgan fingerprint density at radius 3 is 1.55 bits per heavy atom. The minimum Gasteiger partial charge on any atom is -0.199 e. The van der Waals surface area contributed by atoms with Crippen LogP contribution in [0.3, 0.4) is 0 Å². The summed E-state index contributed by atoms with van der Waals surface area (Å²) in [4.78, 5) is 0. The molecule has 0 saturated carbocycles. The van der Waals surface area contributed by atoms with Crippen LogP contribution < -0.4 is 0 Å². The fourth-order valence-electron chi connectivity index (χ4n) is 1.43. The Balaban J connectivity index is 5.57. The van der Waals surface area contributed by atoms with E-state index in [1.54, 1.807) is 6.92 Å². The fraction of sp³-hybridized carbons (Fsp3) is 1.00. The second kappa shape index (κ2) is 6.07. The average molecular weight is 430 g/mol. The maximum Gasteiger partial charge on any atom is 0.460 e. The topological polar surface area (TPSA) is 0 Å². The van der Waals surface area contributed by atoms with Crippen molar-refractivity contribution in [2.24, 2.45) is 5.92 Å². The Morgan fingerprint density at radius 1 is 0.850 bits per heavy atom. The Morgan fingerprint density at radius 2 is 1.25 bits per heavy atom. The van der Waals surface area contributed by atoms with Crippen LogP contribution in [-0.4, -0.2) is 27.9 Å². The van der Waals surface area contributed by atoms with Crippen LogP contribution >= 0.6 is 22.6 Å². The third-order valence-electron chi connectivity index (χ3n) is 2.85. The number of alkyl halides is 10. The van der Waals surface area contributed by atoms with E-state index in [4.69, 9.17) is 0 Å². The number of rotatable bonds is 6. The van der Waals surface area contributed by atoms with Gasteiger partial charge in [-0.25, -0.2) is 0 Å². The Bertz CT molecular complexity index is 323. The van der Waals surface area contributed by atoms with Crippen molar-refractivity contribution in [1.29, 1.82) is 0 Å². The molecule has 0 saturated heterocycles. The molecule has 20 heavy (non-hydrogen) atoms. The lowest BCUT2D eigenvalue weighted by Crippen LogP contribution is -2.63. The largest absolute Gasteiger partial charge is 0.460 e. The van der Waals surface area contributed by atoms with Crippen LogP contribution in [0.2, 0.25) is 0 Å². The lowest BCUT2D eigenvalue weighted by molar-refractivity contribution is -0.402. The molecule has 0 heterocycles. The summed E-state index contributed by atoms with van der Waals surface area (Å²) in [6.45, 7) is 2.08. The maximum atomic E-state index is 13.5. The summed E-state index contributed by atoms with van der Waals surface area (Å²) in [6, 6.07) is 0. The minimum absolute atomic E-state index is 0.00894. The van der Waals surface area contributed by atoms with Gasteiger partial charge in [-0.3, -0.25) is 0 Å². The van der Waals surface area contributed by atoms with Gasteiger partial charge >= 0.3 is 23.9 Å². The molecule has 122 valence electrons. The zero-order chi connectivity index (χ0) is 16.6. The molecule has 2 atom stereocenters. The van der Waals surface area contributed by atoms with Gasteiger partial charge in [0.2, 0.25) is 0 Å². The highest BCUT2D eigenvalue weighted by Gasteiger charge is 2.82. The molecule has 0 aliphatic heterocycles. The smallest absolute Gasteiger partial charge is 0.199 e. The molecule has 0 fully saturated rings. The molecular weight excluding hydrogens is 418 g/mol. The van der Waals surface area contributed by atoms with E-state index in [0.29, 0.717) is 13.3 Å². The Kier molecular flexibility index (Phi) is 6.10. The van der Waals surface area contributed by atoms with Crippen molar-refractivity contribution in [3.8, 4) is 0 Å². The SMILES string of the molecule is CCCC(I)C(C)C(F)(F)C(F)(F)C(F)(F)C(F)(F)F. The van der Waals surface area contributed by atoms with E-state index in [1.165, 1.54) is 22.6 Å². The van der Waals surface area contributed by atoms with Gasteiger partial charge in [0.15, 0.2) is 0 Å². The molecule has 0 aliphatic rings. The predicted molar refractivity (Wildman–Crippen MR) is 62.8 cm³/mol. The molecule has 0 bridgehead atoms. The van der Waals surface area contributed by atoms with Crippen molar-refractivity contribution in [1.82, 2.24) is 0 Å². The molecule has 0 amide bonds. The van der Waals surface area contributed by atoms with Crippen molar-refractivity contribution < 1.29 is 39.5 Å². The third-order valence-corrected chi connectivity index (χ3v) is 4.55. The highest BCUT2D eigenvalue weighted by molar-refractivity contribution is 14.1. The average Bonchev–Trinajstić information content (AvgIpc) is 2.26. The van der Waals surface area contributed by atoms with E-state index in [2.05, 4.69) is 0 Å². The van der Waals surface area contributed by atoms with Crippen molar-refractivity contribution in [3.05, 3.63) is 0 Å². The van der Waals surface area contributed by atoms with Crippen LogP contribution in [0.4, 0.5) is 39.5 Å². The van der Waals surface area contributed by atoms with Gasteiger partial charge in [0.25, 0.3) is 0 Å². The van der Waals surface area contributed by atoms with Crippen molar-refractivity contribution in [2.75, 3.05) is 0 Å². The molecule has 0 aromatic carbocycles. The predicted octanol–water partition coefficient (Wildman–Crippen LogP) is 5.69. The van der Waals surface area contributed by atoms with Crippen LogP contribution in [0.1, 0.15) is 26.7 Å². The van der Waals surface area contributed by atoms with E-state index in [-0.39, 0.29) is 6.42 Å². The number of hydrogen-bond donors (Lipinski definition) is 0. The molecule has 0 rings (SSSR count). The minimum atomic E-state index is -6.81. The standard InChI is InChI=1S/C10H12F9I/c1-3-4-6(20)5(2)7(11,12)8(13,14)9(15,16)10(17,18)19/h5-6H,3-4H2,1-2H3. The second-order valence-electron chi connectivity index (χ2n) is 4.36. The van der Waals surface area contributed by atoms with Gasteiger partial charge in [-0.2, -0.15) is 39.5 Å². The van der Waals surface area contributed by atoms with E-state index in [1.807, 2.05) is 0 Å². The van der Waals surface area contributed by atoms with E-state index >= 15 is 0 Å². The van der Waals surface area contributed by atoms with Gasteiger partial charge in [0, 0.05) is 9.84 Å². The first-order chi connectivity index (χ1) is 8.64. The second-order valence-corrected chi connectivity index (χ2v) is 5.96. The molecule has 0 radical (unpaired) electrons. The molecule has 0 N–H and O–H groups in total. The van der Waals surface area contributed by atoms with Crippen LogP contribution in [0, 0.1) is 5.92 Å². The summed E-state index contributed by atoms with van der Waals surface area (Å²) in [5.74, 6) is -21.2. The molecule has 0 nitrogen and oxygen atoms in total. The van der Waals surface area contributed by atoms with Crippen molar-refractivity contribution >= 4 is 22.6 Å². The molecule has 0 spiro atoms. The van der Waals surface area contributed by atoms with Crippen LogP contribution in [-0.2, 0) is 0 Å². The summed E-state index contributed by atoms with van der Waals surface area (Å²) in [6.07, 6.45) is -6.47. The molecular formula is C10H12F9I. The Hall–Kier alpha value is 0.1000. The van der Waals surface area contributed by atoms with Gasteiger partial charge in [0.1, 0.15) is 0 Å². The van der Waals surface area contributed by atoms with Gasteiger partial charge in [-0.15, -0.1) is 0 Å². The molecule has 10 heteroatoms. The summed E-state index contributed by atoms with van der Waals surface area (Å²) in [7, 11) is 0. The number of hydrogen-bond acceptors (Lipinski definition) is 0. The molecule has 0 aliphatic carbocycles. The van der Waals surface area contributed by atoms with Crippen LogP contribution in [0.15, 0.2) is 0 Å². The maximum absolute atomic E-state index is 13.5. The molecule has 0 aromatic heterocycles. The summed E-state index contributed by atoms with van der Waals surface area (Å²) in [5, 5.41) is 0. The van der Waals surface area contributed by atoms with Gasteiger partial charge in [-0.1, -0.05) is 42.9 Å². The summed E-state index contributed by atoms with van der Waals surface area (Å²) in [5.41, 5.74) is 0. The molecule has 0 aromatic rings. The van der Waals surface area contributed by atoms with Crippen molar-refractivity contribution in [3.63, 3.8) is 0 Å². The van der Waals surface area contributed by atoms with E-state index in [0.717, 1.165) is 0 Å². The van der Waals surface area contributed by atoms with E-state index in [9.17, 15) is 39.5 Å². The lowest BCUT2D eigenvalue weighted by atomic mass is 9.89. The monoisotopic (exact) mass is 430 g/mol. The van der Waals surface area contributed by atoms with Crippen LogP contribution in [0.5, 0.6) is 0 Å². The highest BCUT2D eigenvalue weighted by Crippen LogP contribution is 2.56. The molecule has 2 unspecified atom stereocenters. The van der Waals surface area contributed by atoms with Gasteiger partial charge < -0.3 is 0 Å². The third kappa shape index (κ3) is 3.29.